The summed E-state index contributed by atoms with van der Waals surface area (Å²) in [4.78, 5) is 12.9. The number of hydrogen-bond acceptors (Lipinski definition) is 5. The van der Waals surface area contributed by atoms with E-state index in [9.17, 15) is 0 Å². The van der Waals surface area contributed by atoms with E-state index in [2.05, 4.69) is 39.4 Å². The van der Waals surface area contributed by atoms with Crippen LogP contribution in [0.4, 0.5) is 5.95 Å². The van der Waals surface area contributed by atoms with E-state index in [4.69, 9.17) is 0 Å². The molecule has 0 aliphatic carbocycles. The largest absolute Gasteiger partial charge is 0.352 e. The summed E-state index contributed by atoms with van der Waals surface area (Å²) in [6.07, 6.45) is 5.32. The first-order valence-electron chi connectivity index (χ1n) is 6.27. The van der Waals surface area contributed by atoms with E-state index >= 15 is 0 Å². The Morgan fingerprint density at radius 3 is 2.42 bits per heavy atom. The average molecular weight is 257 g/mol. The van der Waals surface area contributed by atoms with Gasteiger partial charge >= 0.3 is 0 Å². The molecule has 2 aromatic heterocycles. The number of aromatic nitrogens is 3. The first-order chi connectivity index (χ1) is 9.11. The van der Waals surface area contributed by atoms with Crippen molar-refractivity contribution in [1.82, 2.24) is 20.3 Å². The highest BCUT2D eigenvalue weighted by Crippen LogP contribution is 2.14. The van der Waals surface area contributed by atoms with Gasteiger partial charge in [-0.05, 0) is 33.0 Å². The number of hydrogen-bond donors (Lipinski definition) is 2. The minimum atomic E-state index is 0.00299. The summed E-state index contributed by atoms with van der Waals surface area (Å²) < 4.78 is 0. The maximum Gasteiger partial charge on any atom is 0.222 e. The lowest BCUT2D eigenvalue weighted by molar-refractivity contribution is 0.447. The minimum absolute atomic E-state index is 0.00299. The molecule has 2 aromatic rings. The SMILES string of the molecule is CNC(C)(C)CNc1ncc(-c2ccccn2)cn1. The lowest BCUT2D eigenvalue weighted by atomic mass is 10.1. The van der Waals surface area contributed by atoms with Crippen LogP contribution in [0, 0.1) is 0 Å². The third-order valence-electron chi connectivity index (χ3n) is 2.98. The van der Waals surface area contributed by atoms with Gasteiger partial charge in [0.2, 0.25) is 5.95 Å². The summed E-state index contributed by atoms with van der Waals surface area (Å²) in [5.41, 5.74) is 1.80. The third kappa shape index (κ3) is 3.72. The van der Waals surface area contributed by atoms with Gasteiger partial charge in [-0.3, -0.25) is 4.98 Å². The number of nitrogens with one attached hydrogen (secondary N) is 2. The predicted octanol–water partition coefficient (Wildman–Crippen LogP) is 1.95. The molecule has 2 rings (SSSR count). The van der Waals surface area contributed by atoms with Gasteiger partial charge in [-0.15, -0.1) is 0 Å². The molecule has 2 N–H and O–H groups in total. The van der Waals surface area contributed by atoms with E-state index in [1.807, 2.05) is 25.2 Å². The molecule has 0 aliphatic heterocycles. The molecule has 5 nitrogen and oxygen atoms in total. The molecular formula is C14H19N5. The Balaban J connectivity index is 2.03. The van der Waals surface area contributed by atoms with E-state index in [0.717, 1.165) is 17.8 Å². The first kappa shape index (κ1) is 13.4. The Kier molecular flexibility index (Phi) is 4.06. The second-order valence-corrected chi connectivity index (χ2v) is 5.00. The first-order valence-corrected chi connectivity index (χ1v) is 6.27. The van der Waals surface area contributed by atoms with Crippen LogP contribution >= 0.6 is 0 Å². The van der Waals surface area contributed by atoms with Crippen molar-refractivity contribution in [3.05, 3.63) is 36.8 Å². The van der Waals surface area contributed by atoms with Gasteiger partial charge in [-0.2, -0.15) is 0 Å². The van der Waals surface area contributed by atoms with Crippen molar-refractivity contribution in [3.8, 4) is 11.3 Å². The van der Waals surface area contributed by atoms with Crippen LogP contribution in [0.5, 0.6) is 0 Å². The number of pyridine rings is 1. The summed E-state index contributed by atoms with van der Waals surface area (Å²) in [5, 5.41) is 6.43. The summed E-state index contributed by atoms with van der Waals surface area (Å²) in [5.74, 6) is 0.628. The molecule has 5 heteroatoms. The van der Waals surface area contributed by atoms with Gasteiger partial charge in [0.1, 0.15) is 0 Å². The number of rotatable bonds is 5. The molecule has 19 heavy (non-hydrogen) atoms. The second-order valence-electron chi connectivity index (χ2n) is 5.00. The molecule has 0 radical (unpaired) electrons. The Morgan fingerprint density at radius 1 is 1.11 bits per heavy atom. The fraction of sp³-hybridized carbons (Fsp3) is 0.357. The third-order valence-corrected chi connectivity index (χ3v) is 2.98. The van der Waals surface area contributed by atoms with Crippen LogP contribution in [-0.2, 0) is 0 Å². The van der Waals surface area contributed by atoms with Crippen LogP contribution in [0.2, 0.25) is 0 Å². The van der Waals surface area contributed by atoms with Gasteiger partial charge in [0.25, 0.3) is 0 Å². The zero-order valence-electron chi connectivity index (χ0n) is 11.5. The van der Waals surface area contributed by atoms with Crippen molar-refractivity contribution < 1.29 is 0 Å². The Bertz CT molecular complexity index is 507. The summed E-state index contributed by atoms with van der Waals surface area (Å²) >= 11 is 0. The lowest BCUT2D eigenvalue weighted by Gasteiger charge is -2.24. The van der Waals surface area contributed by atoms with Crippen LogP contribution in [0.1, 0.15) is 13.8 Å². The monoisotopic (exact) mass is 257 g/mol. The molecule has 0 spiro atoms. The van der Waals surface area contributed by atoms with Gasteiger partial charge < -0.3 is 10.6 Å². The van der Waals surface area contributed by atoms with Gasteiger partial charge in [0, 0.05) is 36.2 Å². The molecule has 0 saturated heterocycles. The summed E-state index contributed by atoms with van der Waals surface area (Å²) in [6.45, 7) is 4.98. The lowest BCUT2D eigenvalue weighted by Crippen LogP contribution is -2.43. The van der Waals surface area contributed by atoms with E-state index in [-0.39, 0.29) is 5.54 Å². The number of nitrogens with zero attached hydrogens (tertiary/aromatic N) is 3. The zero-order chi connectivity index (χ0) is 13.7. The van der Waals surface area contributed by atoms with Crippen molar-refractivity contribution in [2.75, 3.05) is 18.9 Å². The highest BCUT2D eigenvalue weighted by atomic mass is 15.1. The normalized spacial score (nSPS) is 11.3. The van der Waals surface area contributed by atoms with E-state index < -0.39 is 0 Å². The highest BCUT2D eigenvalue weighted by molar-refractivity contribution is 5.56. The van der Waals surface area contributed by atoms with Crippen LogP contribution in [0.25, 0.3) is 11.3 Å². The average Bonchev–Trinajstić information content (AvgIpc) is 2.47. The predicted molar refractivity (Wildman–Crippen MR) is 76.9 cm³/mol. The van der Waals surface area contributed by atoms with E-state index in [1.165, 1.54) is 0 Å². The number of anilines is 1. The highest BCUT2D eigenvalue weighted by Gasteiger charge is 2.14. The van der Waals surface area contributed by atoms with Crippen LogP contribution < -0.4 is 10.6 Å². The molecule has 0 saturated carbocycles. The molecular weight excluding hydrogens is 238 g/mol. The van der Waals surface area contributed by atoms with Crippen molar-refractivity contribution in [1.29, 1.82) is 0 Å². The molecule has 0 unspecified atom stereocenters. The molecule has 0 aliphatic rings. The van der Waals surface area contributed by atoms with Crippen LogP contribution in [0.3, 0.4) is 0 Å². The molecule has 0 atom stereocenters. The van der Waals surface area contributed by atoms with E-state index in [1.54, 1.807) is 18.6 Å². The number of likely N-dealkylation sites (N-methyl/N-ethyl adjacent to an activating group) is 1. The molecule has 100 valence electrons. The maximum atomic E-state index is 4.30. The van der Waals surface area contributed by atoms with E-state index in [0.29, 0.717) is 5.95 Å². The molecule has 0 aromatic carbocycles. The summed E-state index contributed by atoms with van der Waals surface area (Å²) in [6, 6.07) is 5.78. The maximum absolute atomic E-state index is 4.30. The van der Waals surface area contributed by atoms with Gasteiger partial charge in [-0.1, -0.05) is 6.07 Å². The van der Waals surface area contributed by atoms with Crippen molar-refractivity contribution in [2.45, 2.75) is 19.4 Å². The molecule has 0 bridgehead atoms. The van der Waals surface area contributed by atoms with Crippen molar-refractivity contribution in [3.63, 3.8) is 0 Å². The summed E-state index contributed by atoms with van der Waals surface area (Å²) in [7, 11) is 1.94. The topological polar surface area (TPSA) is 62.7 Å². The minimum Gasteiger partial charge on any atom is -0.352 e. The molecule has 0 fully saturated rings. The zero-order valence-corrected chi connectivity index (χ0v) is 11.5. The van der Waals surface area contributed by atoms with Crippen molar-refractivity contribution >= 4 is 5.95 Å². The Labute approximate surface area is 113 Å². The van der Waals surface area contributed by atoms with Gasteiger partial charge in [0.15, 0.2) is 0 Å². The van der Waals surface area contributed by atoms with Crippen LogP contribution in [0.15, 0.2) is 36.8 Å². The fourth-order valence-electron chi connectivity index (χ4n) is 1.47. The Hall–Kier alpha value is -2.01. The molecule has 2 heterocycles. The van der Waals surface area contributed by atoms with Gasteiger partial charge in [-0.25, -0.2) is 9.97 Å². The second kappa shape index (κ2) is 5.75. The quantitative estimate of drug-likeness (QED) is 0.857. The standard InChI is InChI=1S/C14H19N5/c1-14(2,15-3)10-19-13-17-8-11(9-18-13)12-6-4-5-7-16-12/h4-9,15H,10H2,1-3H3,(H,17,18,19). The molecule has 0 amide bonds. The van der Waals surface area contributed by atoms with Crippen LogP contribution in [-0.4, -0.2) is 34.1 Å². The Morgan fingerprint density at radius 2 is 1.84 bits per heavy atom. The fourth-order valence-corrected chi connectivity index (χ4v) is 1.47. The van der Waals surface area contributed by atoms with Crippen molar-refractivity contribution in [2.24, 2.45) is 0 Å². The van der Waals surface area contributed by atoms with Gasteiger partial charge in [0.05, 0.1) is 5.69 Å². The smallest absolute Gasteiger partial charge is 0.222 e.